The van der Waals surface area contributed by atoms with Gasteiger partial charge in [-0.2, -0.15) is 4.98 Å². The van der Waals surface area contributed by atoms with Gasteiger partial charge in [0.05, 0.1) is 151 Å². The summed E-state index contributed by atoms with van der Waals surface area (Å²) in [6.07, 6.45) is 23.7. The molecular formula is C71H70Cl5N27O10. The molecule has 113 heavy (non-hydrogen) atoms. The highest BCUT2D eigenvalue weighted by Crippen LogP contribution is 2.42. The number of nitro groups is 1. The third kappa shape index (κ3) is 17.4. The van der Waals surface area contributed by atoms with Crippen molar-refractivity contribution in [3.05, 3.63) is 181 Å². The number of esters is 1. The minimum atomic E-state index is -0.682. The number of anilines is 4. The van der Waals surface area contributed by atoms with Crippen molar-refractivity contribution in [1.82, 2.24) is 105 Å². The molecule has 0 bridgehead atoms. The van der Waals surface area contributed by atoms with Crippen molar-refractivity contribution in [2.24, 2.45) is 5.73 Å². The number of rotatable bonds is 8. The third-order valence-corrected chi connectivity index (χ3v) is 21.1. The van der Waals surface area contributed by atoms with Crippen LogP contribution < -0.4 is 36.9 Å². The first-order valence-electron chi connectivity index (χ1n) is 36.0. The Morgan fingerprint density at radius 1 is 0.487 bits per heavy atom. The number of methoxy groups -OCH3 is 1. The van der Waals surface area contributed by atoms with E-state index in [1.165, 1.54) is 38.9 Å². The molecule has 37 nitrogen and oxygen atoms in total. The van der Waals surface area contributed by atoms with Gasteiger partial charge >= 0.3 is 11.7 Å². The molecule has 0 radical (unpaired) electrons. The Balaban J connectivity index is 0.000000111. The standard InChI is InChI=1S/C23H31N7O2.C13H12ClN5O.C13H13N5O2.C9H5ClN4O.C9H8ClN3O2.C4HCl2N3O2/c1-3-18(29-5-9-31-10-6-29)4-2-17(1)27-22-20-19(25-15-26-22)13-16-14-24-23(28-21(16)20)30-7-11-32-12-8-30;14-12-10-9(16-7-17-12)5-8-6-15-13(18-11(8)10)19-1-3-20-4-2-19;19-12-10-9(15-7-16-12)5-8-6-14-13(17-11(8)10)18-1-3-20-4-2-18;10-9-11-2-4-1-5-6(7(4)14-9)8(15)13-3-12-5;1-15-8(14)6-5(11)2-4-3-12-9(10)13-7(4)6;5-3-2(9(10)11)1-7-4(6)8-3/h14-15,17-18H,1-13H2,(H,25,26,27);6-7H,1-5H2;6-7H,1-5H2,(H,15,16,19);2-3H,1H2,(H,12,13,15);3H,2,11H2,1H3;1H. The van der Waals surface area contributed by atoms with E-state index in [1.807, 2.05) is 12.4 Å². The summed E-state index contributed by atoms with van der Waals surface area (Å²) >= 11 is 28.2. The smallest absolute Gasteiger partial charge is 0.341 e. The van der Waals surface area contributed by atoms with E-state index in [1.54, 1.807) is 24.9 Å². The van der Waals surface area contributed by atoms with Crippen molar-refractivity contribution in [3.63, 3.8) is 0 Å². The first kappa shape index (κ1) is 77.6. The summed E-state index contributed by atoms with van der Waals surface area (Å²) in [6.45, 7) is 12.9. The Hall–Kier alpha value is -10.7. The fourth-order valence-corrected chi connectivity index (χ4v) is 15.3. The van der Waals surface area contributed by atoms with Crippen molar-refractivity contribution in [2.75, 3.05) is 132 Å². The number of ether oxygens (including phenoxy) is 5. The number of halogens is 5. The van der Waals surface area contributed by atoms with Gasteiger partial charge in [-0.3, -0.25) is 24.6 Å². The lowest BCUT2D eigenvalue weighted by molar-refractivity contribution is -0.385. The molecule has 0 unspecified atom stereocenters. The zero-order valence-corrected chi connectivity index (χ0v) is 64.2. The Morgan fingerprint density at radius 3 is 1.38 bits per heavy atom. The lowest BCUT2D eigenvalue weighted by atomic mass is 9.90. The summed E-state index contributed by atoms with van der Waals surface area (Å²) in [5.74, 6) is 2.58. The van der Waals surface area contributed by atoms with E-state index in [0.717, 1.165) is 201 Å². The van der Waals surface area contributed by atoms with E-state index < -0.39 is 10.9 Å². The molecule has 10 aromatic heterocycles. The molecule has 0 aromatic carbocycles. The number of hydrogen-bond donors (Lipinski definition) is 4. The summed E-state index contributed by atoms with van der Waals surface area (Å²) in [6, 6.07) is 1.13. The number of nitrogens with two attached hydrogens (primary N) is 1. The van der Waals surface area contributed by atoms with Crippen LogP contribution in [0.1, 0.15) is 82.0 Å². The average Bonchev–Trinajstić information content (AvgIpc) is 1.66. The van der Waals surface area contributed by atoms with E-state index in [4.69, 9.17) is 87.7 Å². The van der Waals surface area contributed by atoms with Crippen LogP contribution in [0.4, 0.5) is 29.4 Å². The van der Waals surface area contributed by atoms with Crippen molar-refractivity contribution in [2.45, 2.75) is 69.9 Å². The molecule has 0 amide bonds. The molecule has 4 saturated heterocycles. The summed E-state index contributed by atoms with van der Waals surface area (Å²) in [5, 5.41) is 14.2. The number of nitrogens with zero attached hydrogens (tertiary/aromatic N) is 23. The number of morpholine rings is 4. The number of aromatic nitrogens is 20. The molecule has 1 saturated carbocycles. The maximum Gasteiger partial charge on any atom is 0.341 e. The summed E-state index contributed by atoms with van der Waals surface area (Å²) in [5.41, 5.74) is 20.7. The molecular weight excluding hydrogens is 1570 g/mol. The second-order valence-corrected chi connectivity index (χ2v) is 28.5. The minimum Gasteiger partial charge on any atom is -0.465 e. The molecule has 0 atom stereocenters. The predicted molar refractivity (Wildman–Crippen MR) is 413 cm³/mol. The van der Waals surface area contributed by atoms with Crippen molar-refractivity contribution in [3.8, 4) is 45.0 Å². The van der Waals surface area contributed by atoms with Gasteiger partial charge in [-0.25, -0.2) is 89.5 Å². The van der Waals surface area contributed by atoms with Crippen LogP contribution in [0.2, 0.25) is 26.2 Å². The highest BCUT2D eigenvalue weighted by Gasteiger charge is 2.35. The largest absolute Gasteiger partial charge is 0.465 e. The molecule has 5 N–H and O–H groups in total. The lowest BCUT2D eigenvalue weighted by Gasteiger charge is -2.39. The van der Waals surface area contributed by atoms with Crippen LogP contribution in [0, 0.1) is 10.1 Å². The number of nitrogens with one attached hydrogen (secondary N) is 3. The second kappa shape index (κ2) is 35.1. The quantitative estimate of drug-likeness (QED) is 0.0443. The Bertz CT molecular complexity index is 5390. The van der Waals surface area contributed by atoms with E-state index in [9.17, 15) is 24.5 Å². The number of fused-ring (bicyclic) bond motifs is 13. The molecule has 4 aliphatic heterocycles. The number of H-pyrrole nitrogens is 2. The van der Waals surface area contributed by atoms with Gasteiger partial charge in [0.25, 0.3) is 11.1 Å². The Morgan fingerprint density at radius 2 is 0.894 bits per heavy atom. The third-order valence-electron chi connectivity index (χ3n) is 20.0. The number of carbonyl (C=O) groups is 1. The van der Waals surface area contributed by atoms with E-state index in [0.29, 0.717) is 103 Å². The number of allylic oxidation sites excluding steroid dienone is 1. The van der Waals surface area contributed by atoms with Gasteiger partial charge in [0.15, 0.2) is 0 Å². The van der Waals surface area contributed by atoms with Gasteiger partial charge in [-0.15, -0.1) is 0 Å². The molecule has 5 fully saturated rings. The molecule has 10 aliphatic rings. The van der Waals surface area contributed by atoms with Crippen LogP contribution in [0.15, 0.2) is 77.8 Å². The highest BCUT2D eigenvalue weighted by molar-refractivity contribution is 6.33. The van der Waals surface area contributed by atoms with Crippen LogP contribution in [-0.4, -0.2) is 240 Å². The molecule has 42 heteroatoms. The number of aromatic amines is 2. The zero-order chi connectivity index (χ0) is 78.2. The summed E-state index contributed by atoms with van der Waals surface area (Å²) < 4.78 is 26.3. The predicted octanol–water partition coefficient (Wildman–Crippen LogP) is 6.03. The Labute approximate surface area is 667 Å². The van der Waals surface area contributed by atoms with Crippen LogP contribution in [-0.2, 0) is 60.6 Å². The van der Waals surface area contributed by atoms with Crippen LogP contribution in [0.25, 0.3) is 50.6 Å². The van der Waals surface area contributed by atoms with Gasteiger partial charge in [0.2, 0.25) is 38.8 Å². The fraction of sp³-hybridized carbons (Fsp3) is 0.394. The summed E-state index contributed by atoms with van der Waals surface area (Å²) in [4.78, 5) is 135. The Kier molecular flexibility index (Phi) is 24.1. The van der Waals surface area contributed by atoms with Crippen molar-refractivity contribution >= 4 is 98.9 Å². The van der Waals surface area contributed by atoms with Gasteiger partial charge in [-0.05, 0) is 60.5 Å². The lowest BCUT2D eigenvalue weighted by Crippen LogP contribution is -2.46. The van der Waals surface area contributed by atoms with E-state index >= 15 is 0 Å². The molecule has 0 spiro atoms. The molecule has 10 aromatic rings. The first-order chi connectivity index (χ1) is 55.0. The summed E-state index contributed by atoms with van der Waals surface area (Å²) in [7, 11) is 1.30. The molecule has 20 rings (SSSR count). The normalized spacial score (nSPS) is 17.8. The van der Waals surface area contributed by atoms with Gasteiger partial charge in [0, 0.05) is 161 Å². The monoisotopic (exact) mass is 1640 g/mol. The average molecular weight is 1640 g/mol. The first-order valence-corrected chi connectivity index (χ1v) is 37.9. The SMILES string of the molecule is COC(=O)C1=C(N)Cc2cnc(Cl)nc21.Clc1ncnc2c1-c1nc(N3CCOCC3)ncc1C2.O=[N+]([O-])c1cnc(Cl)nc1Cl.O=c1[nH]cnc2c1-c1nc(Cl)ncc1C2.O=c1[nH]cnc2c1-c1nc(N3CCOCC3)ncc1C2.c1nc2c(c(NC3CCC(N4CCOCC4)CC3)n1)-c1nc(N3CCOCC3)ncc1C2. The minimum absolute atomic E-state index is 0.0878. The number of carbonyl (C=O) groups excluding carboxylic acids is 1. The van der Waals surface area contributed by atoms with Gasteiger partial charge in [-0.1, -0.05) is 23.2 Å². The molecule has 6 aliphatic carbocycles. The molecule has 584 valence electrons. The van der Waals surface area contributed by atoms with Crippen molar-refractivity contribution in [1.29, 1.82) is 0 Å². The number of hydrogen-bond acceptors (Lipinski definition) is 34. The van der Waals surface area contributed by atoms with Crippen LogP contribution >= 0.6 is 58.0 Å². The van der Waals surface area contributed by atoms with E-state index in [2.05, 4.69) is 124 Å². The van der Waals surface area contributed by atoms with Gasteiger partial charge in [0.1, 0.15) is 35.4 Å². The van der Waals surface area contributed by atoms with Crippen LogP contribution in [0.5, 0.6) is 0 Å². The second-order valence-electron chi connectivity index (χ2n) is 26.7. The van der Waals surface area contributed by atoms with E-state index in [-0.39, 0.29) is 43.4 Å². The topological polar surface area (TPSA) is 455 Å². The zero-order valence-electron chi connectivity index (χ0n) is 60.4. The maximum atomic E-state index is 12.0. The van der Waals surface area contributed by atoms with Crippen molar-refractivity contribution < 1.29 is 33.4 Å². The van der Waals surface area contributed by atoms with Gasteiger partial charge < -0.3 is 59.4 Å². The fourth-order valence-electron chi connectivity index (χ4n) is 14.4. The van der Waals surface area contributed by atoms with Crippen LogP contribution in [0.3, 0.4) is 0 Å². The maximum absolute atomic E-state index is 12.0. The molecule has 14 heterocycles. The highest BCUT2D eigenvalue weighted by atomic mass is 35.5.